The van der Waals surface area contributed by atoms with Crippen molar-refractivity contribution >= 4 is 16.9 Å². The number of hydrogen-bond donors (Lipinski definition) is 1. The number of rotatable bonds is 4. The molecule has 2 aromatic carbocycles. The molecular formula is C27H26F2N6O2. The van der Waals surface area contributed by atoms with Crippen LogP contribution in [-0.4, -0.2) is 44.0 Å². The molecule has 0 spiro atoms. The summed E-state index contributed by atoms with van der Waals surface area (Å²) in [6, 6.07) is 10.2. The van der Waals surface area contributed by atoms with Crippen molar-refractivity contribution < 1.29 is 18.3 Å². The largest absolute Gasteiger partial charge is 0.434 e. The number of carbonyl (C=O) groups excluding carboxylic acids is 1. The van der Waals surface area contributed by atoms with E-state index >= 15 is 0 Å². The van der Waals surface area contributed by atoms with Crippen molar-refractivity contribution in [1.29, 1.82) is 0 Å². The number of ether oxygens (including phenoxy) is 1. The summed E-state index contributed by atoms with van der Waals surface area (Å²) in [7, 11) is 1.73. The molecule has 6 rings (SSSR count). The summed E-state index contributed by atoms with van der Waals surface area (Å²) in [4.78, 5) is 28.9. The van der Waals surface area contributed by atoms with Gasteiger partial charge in [-0.1, -0.05) is 12.1 Å². The van der Waals surface area contributed by atoms with E-state index in [0.29, 0.717) is 29.2 Å². The predicted molar refractivity (Wildman–Crippen MR) is 133 cm³/mol. The highest BCUT2D eigenvalue weighted by atomic mass is 19.3. The number of amides is 1. The second-order valence-corrected chi connectivity index (χ2v) is 10.5. The Hall–Kier alpha value is -3.92. The van der Waals surface area contributed by atoms with Crippen molar-refractivity contribution in [2.75, 3.05) is 7.05 Å². The first-order valence-corrected chi connectivity index (χ1v) is 12.0. The Labute approximate surface area is 212 Å². The Kier molecular flexibility index (Phi) is 4.94. The van der Waals surface area contributed by atoms with Gasteiger partial charge in [-0.15, -0.1) is 0 Å². The van der Waals surface area contributed by atoms with E-state index in [0.717, 1.165) is 22.2 Å². The van der Waals surface area contributed by atoms with Crippen molar-refractivity contribution in [2.24, 2.45) is 5.73 Å². The van der Waals surface area contributed by atoms with E-state index in [4.69, 9.17) is 15.5 Å². The average molecular weight is 505 g/mol. The molecule has 0 unspecified atom stereocenters. The lowest BCUT2D eigenvalue weighted by Crippen LogP contribution is -2.43. The molecule has 4 heterocycles. The van der Waals surface area contributed by atoms with Crippen LogP contribution in [0.3, 0.4) is 0 Å². The fourth-order valence-corrected chi connectivity index (χ4v) is 5.53. The fraction of sp³-hybridized carbons (Fsp3) is 0.333. The Morgan fingerprint density at radius 2 is 1.89 bits per heavy atom. The van der Waals surface area contributed by atoms with Crippen molar-refractivity contribution in [3.05, 3.63) is 71.6 Å². The summed E-state index contributed by atoms with van der Waals surface area (Å²) in [6.45, 7) is 2.64. The first kappa shape index (κ1) is 23.5. The van der Waals surface area contributed by atoms with Crippen LogP contribution in [0.5, 0.6) is 5.75 Å². The first-order chi connectivity index (χ1) is 17.5. The maximum absolute atomic E-state index is 13.5. The van der Waals surface area contributed by atoms with Crippen molar-refractivity contribution in [1.82, 2.24) is 24.4 Å². The summed E-state index contributed by atoms with van der Waals surface area (Å²) in [5.41, 5.74) is 8.78. The first-order valence-electron chi connectivity index (χ1n) is 12.0. The van der Waals surface area contributed by atoms with Crippen LogP contribution in [0.2, 0.25) is 0 Å². The van der Waals surface area contributed by atoms with Gasteiger partial charge in [-0.2, -0.15) is 8.78 Å². The van der Waals surface area contributed by atoms with E-state index in [1.165, 1.54) is 6.07 Å². The topological polar surface area (TPSA) is 99.2 Å². The number of carbonyl (C=O) groups is 1. The van der Waals surface area contributed by atoms with Crippen LogP contribution < -0.4 is 10.5 Å². The van der Waals surface area contributed by atoms with Crippen LogP contribution >= 0.6 is 0 Å². The molecule has 4 aromatic rings. The smallest absolute Gasteiger partial charge is 0.387 e. The van der Waals surface area contributed by atoms with E-state index in [1.54, 1.807) is 36.5 Å². The maximum Gasteiger partial charge on any atom is 0.387 e. The van der Waals surface area contributed by atoms with Gasteiger partial charge in [0.2, 0.25) is 0 Å². The molecule has 8 nitrogen and oxygen atoms in total. The van der Waals surface area contributed by atoms with E-state index in [9.17, 15) is 13.6 Å². The lowest BCUT2D eigenvalue weighted by Gasteiger charge is -2.33. The summed E-state index contributed by atoms with van der Waals surface area (Å²) in [6.07, 6.45) is 3.96. The zero-order valence-corrected chi connectivity index (χ0v) is 20.9. The second kappa shape index (κ2) is 7.79. The molecule has 2 bridgehead atoms. The third-order valence-corrected chi connectivity index (χ3v) is 7.53. The van der Waals surface area contributed by atoms with Gasteiger partial charge in [0.05, 0.1) is 22.6 Å². The lowest BCUT2D eigenvalue weighted by atomic mass is 9.93. The van der Waals surface area contributed by atoms with Gasteiger partial charge in [-0.05, 0) is 50.6 Å². The number of fused-ring (bicyclic) bond motifs is 9. The lowest BCUT2D eigenvalue weighted by molar-refractivity contribution is -0.0507. The number of aromatic nitrogens is 4. The molecular weight excluding hydrogens is 478 g/mol. The normalized spacial score (nSPS) is 20.8. The number of nitrogens with zero attached hydrogens (tertiary/aromatic N) is 5. The summed E-state index contributed by atoms with van der Waals surface area (Å²) >= 11 is 0. The fourth-order valence-electron chi connectivity index (χ4n) is 5.53. The molecule has 2 aromatic heterocycles. The Morgan fingerprint density at radius 3 is 2.57 bits per heavy atom. The molecule has 2 N–H and O–H groups in total. The Balaban J connectivity index is 1.56. The van der Waals surface area contributed by atoms with Crippen molar-refractivity contribution in [3.63, 3.8) is 0 Å². The third-order valence-electron chi connectivity index (χ3n) is 7.53. The van der Waals surface area contributed by atoms with E-state index in [1.807, 2.05) is 39.0 Å². The molecule has 2 aliphatic heterocycles. The van der Waals surface area contributed by atoms with Crippen LogP contribution in [0, 0.1) is 0 Å². The number of imidazole rings is 1. The van der Waals surface area contributed by atoms with Gasteiger partial charge >= 0.3 is 6.61 Å². The van der Waals surface area contributed by atoms with Gasteiger partial charge < -0.3 is 19.9 Å². The van der Waals surface area contributed by atoms with Gasteiger partial charge in [0.15, 0.2) is 0 Å². The number of alkyl halides is 2. The second-order valence-electron chi connectivity index (χ2n) is 10.5. The van der Waals surface area contributed by atoms with Crippen LogP contribution in [0.15, 0.2) is 48.8 Å². The zero-order valence-electron chi connectivity index (χ0n) is 20.9. The van der Waals surface area contributed by atoms with Crippen LogP contribution in [0.1, 0.15) is 60.8 Å². The monoisotopic (exact) mass is 504 g/mol. The Morgan fingerprint density at radius 1 is 1.16 bits per heavy atom. The molecule has 190 valence electrons. The zero-order chi connectivity index (χ0) is 26.3. The molecule has 0 radical (unpaired) electrons. The number of nitrogens with two attached hydrogens (primary N) is 1. The maximum atomic E-state index is 13.5. The van der Waals surface area contributed by atoms with Gasteiger partial charge in [0.1, 0.15) is 22.9 Å². The molecule has 0 aliphatic carbocycles. The summed E-state index contributed by atoms with van der Waals surface area (Å²) in [5, 5.41) is 0. The molecule has 0 saturated heterocycles. The quantitative estimate of drug-likeness (QED) is 0.437. The van der Waals surface area contributed by atoms with Gasteiger partial charge in [-0.3, -0.25) is 4.79 Å². The van der Waals surface area contributed by atoms with E-state index in [-0.39, 0.29) is 11.7 Å². The molecule has 1 amide bonds. The number of halogens is 2. The van der Waals surface area contributed by atoms with Crippen LogP contribution in [0.25, 0.3) is 22.2 Å². The van der Waals surface area contributed by atoms with Gasteiger partial charge in [0, 0.05) is 42.6 Å². The molecule has 37 heavy (non-hydrogen) atoms. The summed E-state index contributed by atoms with van der Waals surface area (Å²) in [5.74, 6) is 0.993. The van der Waals surface area contributed by atoms with Crippen molar-refractivity contribution in [2.45, 2.75) is 50.9 Å². The highest BCUT2D eigenvalue weighted by Crippen LogP contribution is 2.53. The SMILES string of the molecule is CN1C(=O)c2cccc(OC(F)F)c2[C@H]2C[C@]1(C)c1nc3ccc(-c4cnc(C(C)(C)N)nc4)cc3n12. The number of benzene rings is 2. The molecule has 2 aliphatic rings. The van der Waals surface area contributed by atoms with Gasteiger partial charge in [-0.25, -0.2) is 15.0 Å². The molecule has 0 fully saturated rings. The van der Waals surface area contributed by atoms with Gasteiger partial charge in [0.25, 0.3) is 5.91 Å². The Bertz CT molecular complexity index is 1560. The van der Waals surface area contributed by atoms with Crippen LogP contribution in [0.4, 0.5) is 8.78 Å². The minimum atomic E-state index is -3.01. The molecule has 0 saturated carbocycles. The summed E-state index contributed by atoms with van der Waals surface area (Å²) < 4.78 is 33.7. The highest BCUT2D eigenvalue weighted by molar-refractivity contribution is 5.98. The van der Waals surface area contributed by atoms with E-state index in [2.05, 4.69) is 14.5 Å². The third kappa shape index (κ3) is 3.42. The van der Waals surface area contributed by atoms with Crippen molar-refractivity contribution in [3.8, 4) is 16.9 Å². The predicted octanol–water partition coefficient (Wildman–Crippen LogP) is 4.58. The van der Waals surface area contributed by atoms with E-state index < -0.39 is 23.7 Å². The molecule has 10 heteroatoms. The number of hydrogen-bond acceptors (Lipinski definition) is 6. The standard InChI is InChI=1S/C27H26F2N6O2/c1-26(2,30)23-31-12-15(13-32-23)14-8-9-17-18(10-14)35-19-11-27(3,24(35)33-17)34(4)22(36)16-6-5-7-20(21(16)19)37-25(28)29/h5-10,12-13,19,25H,11,30H2,1-4H3/t19-,27-/m1/s1. The average Bonchev–Trinajstić information content (AvgIpc) is 3.35. The minimum absolute atomic E-state index is 0.00254. The minimum Gasteiger partial charge on any atom is -0.434 e. The highest BCUT2D eigenvalue weighted by Gasteiger charge is 2.52. The molecule has 2 atom stereocenters. The van der Waals surface area contributed by atoms with Crippen LogP contribution in [-0.2, 0) is 11.1 Å².